The third kappa shape index (κ3) is 3.38. The van der Waals surface area contributed by atoms with E-state index < -0.39 is 10.0 Å². The summed E-state index contributed by atoms with van der Waals surface area (Å²) < 4.78 is 34.8. The van der Waals surface area contributed by atoms with Crippen LogP contribution in [0.4, 0.5) is 5.69 Å². The lowest BCUT2D eigenvalue weighted by Gasteiger charge is -2.16. The SMILES string of the molecule is CN(c1ccc(OCc2noc(C3CC3)n2)cc1)S(C)(=O)=O. The maximum atomic E-state index is 11.5. The summed E-state index contributed by atoms with van der Waals surface area (Å²) in [6.45, 7) is 0.220. The Hall–Kier alpha value is -2.09. The van der Waals surface area contributed by atoms with E-state index in [9.17, 15) is 8.42 Å². The highest BCUT2D eigenvalue weighted by Crippen LogP contribution is 2.38. The summed E-state index contributed by atoms with van der Waals surface area (Å²) in [4.78, 5) is 4.28. The molecule has 0 atom stereocenters. The van der Waals surface area contributed by atoms with Gasteiger partial charge >= 0.3 is 0 Å². The minimum atomic E-state index is -3.26. The van der Waals surface area contributed by atoms with Crippen molar-refractivity contribution >= 4 is 15.7 Å². The number of hydrogen-bond donors (Lipinski definition) is 0. The minimum Gasteiger partial charge on any atom is -0.485 e. The van der Waals surface area contributed by atoms with Crippen molar-refractivity contribution in [3.63, 3.8) is 0 Å². The van der Waals surface area contributed by atoms with E-state index in [1.54, 1.807) is 24.3 Å². The molecule has 1 fully saturated rings. The van der Waals surface area contributed by atoms with Crippen LogP contribution in [0.3, 0.4) is 0 Å². The molecule has 0 aliphatic heterocycles. The van der Waals surface area contributed by atoms with Gasteiger partial charge in [0.1, 0.15) is 5.75 Å². The van der Waals surface area contributed by atoms with Gasteiger partial charge in [0.25, 0.3) is 0 Å². The molecule has 2 aromatic rings. The van der Waals surface area contributed by atoms with Crippen molar-refractivity contribution in [3.8, 4) is 5.75 Å². The second-order valence-corrected chi connectivity index (χ2v) is 7.35. The molecule has 118 valence electrons. The average Bonchev–Trinajstić information content (AvgIpc) is 3.23. The van der Waals surface area contributed by atoms with Crippen LogP contribution in [-0.4, -0.2) is 31.9 Å². The molecule has 0 radical (unpaired) electrons. The first-order valence-electron chi connectivity index (χ1n) is 6.93. The van der Waals surface area contributed by atoms with Gasteiger partial charge in [0.2, 0.25) is 21.7 Å². The molecule has 0 spiro atoms. The molecule has 0 unspecified atom stereocenters. The van der Waals surface area contributed by atoms with E-state index in [2.05, 4.69) is 10.1 Å². The predicted octanol–water partition coefficient (Wildman–Crippen LogP) is 1.92. The van der Waals surface area contributed by atoms with Gasteiger partial charge in [0, 0.05) is 13.0 Å². The van der Waals surface area contributed by atoms with Crippen LogP contribution in [0.1, 0.15) is 30.5 Å². The number of benzene rings is 1. The molecule has 1 aromatic heterocycles. The quantitative estimate of drug-likeness (QED) is 0.807. The van der Waals surface area contributed by atoms with Gasteiger partial charge in [-0.15, -0.1) is 0 Å². The van der Waals surface area contributed by atoms with Gasteiger partial charge in [-0.3, -0.25) is 4.31 Å². The van der Waals surface area contributed by atoms with Crippen molar-refractivity contribution in [2.75, 3.05) is 17.6 Å². The fourth-order valence-corrected chi connectivity index (χ4v) is 2.42. The van der Waals surface area contributed by atoms with E-state index in [-0.39, 0.29) is 6.61 Å². The van der Waals surface area contributed by atoms with Crippen LogP contribution in [0, 0.1) is 0 Å². The van der Waals surface area contributed by atoms with Gasteiger partial charge in [0.15, 0.2) is 6.61 Å². The summed E-state index contributed by atoms with van der Waals surface area (Å²) in [6.07, 6.45) is 3.38. The van der Waals surface area contributed by atoms with Gasteiger partial charge in [-0.1, -0.05) is 5.16 Å². The molecule has 1 aromatic carbocycles. The summed E-state index contributed by atoms with van der Waals surface area (Å²) in [6, 6.07) is 6.78. The van der Waals surface area contributed by atoms with Crippen molar-refractivity contribution in [2.24, 2.45) is 0 Å². The molecule has 22 heavy (non-hydrogen) atoms. The minimum absolute atomic E-state index is 0.220. The Balaban J connectivity index is 1.60. The summed E-state index contributed by atoms with van der Waals surface area (Å²) >= 11 is 0. The lowest BCUT2D eigenvalue weighted by Crippen LogP contribution is -2.24. The molecule has 3 rings (SSSR count). The third-order valence-electron chi connectivity index (χ3n) is 3.48. The maximum Gasteiger partial charge on any atom is 0.231 e. The lowest BCUT2D eigenvalue weighted by atomic mass is 10.3. The number of rotatable bonds is 6. The van der Waals surface area contributed by atoms with Crippen molar-refractivity contribution in [1.82, 2.24) is 10.1 Å². The van der Waals surface area contributed by atoms with Crippen molar-refractivity contribution in [2.45, 2.75) is 25.4 Å². The third-order valence-corrected chi connectivity index (χ3v) is 4.68. The number of anilines is 1. The second-order valence-electron chi connectivity index (χ2n) is 5.34. The summed E-state index contributed by atoms with van der Waals surface area (Å²) in [5.74, 6) is 2.23. The van der Waals surface area contributed by atoms with Gasteiger partial charge in [0.05, 0.1) is 11.9 Å². The monoisotopic (exact) mass is 323 g/mol. The highest BCUT2D eigenvalue weighted by Gasteiger charge is 2.29. The molecule has 8 heteroatoms. The fraction of sp³-hybridized carbons (Fsp3) is 0.429. The fourth-order valence-electron chi connectivity index (χ4n) is 1.91. The molecule has 7 nitrogen and oxygen atoms in total. The topological polar surface area (TPSA) is 85.5 Å². The molecule has 1 aliphatic carbocycles. The zero-order valence-electron chi connectivity index (χ0n) is 12.4. The molecular weight excluding hydrogens is 306 g/mol. The summed E-state index contributed by atoms with van der Waals surface area (Å²) in [5.41, 5.74) is 0.574. The van der Waals surface area contributed by atoms with Crippen LogP contribution in [0.2, 0.25) is 0 Å². The summed E-state index contributed by atoms with van der Waals surface area (Å²) in [7, 11) is -1.76. The normalized spacial score (nSPS) is 14.8. The molecular formula is C14H17N3O4S. The first-order valence-corrected chi connectivity index (χ1v) is 8.77. The van der Waals surface area contributed by atoms with Crippen LogP contribution >= 0.6 is 0 Å². The number of aromatic nitrogens is 2. The zero-order valence-corrected chi connectivity index (χ0v) is 13.2. The number of ether oxygens (including phenoxy) is 1. The first-order chi connectivity index (χ1) is 10.4. The molecule has 0 amide bonds. The van der Waals surface area contributed by atoms with Crippen molar-refractivity contribution in [3.05, 3.63) is 36.0 Å². The first kappa shape index (κ1) is 14.8. The Morgan fingerprint density at radius 1 is 1.32 bits per heavy atom. The molecule has 0 bridgehead atoms. The van der Waals surface area contributed by atoms with Crippen LogP contribution in [0.25, 0.3) is 0 Å². The average molecular weight is 323 g/mol. The number of hydrogen-bond acceptors (Lipinski definition) is 6. The Kier molecular flexibility index (Phi) is 3.78. The van der Waals surface area contributed by atoms with Gasteiger partial charge in [-0.25, -0.2) is 8.42 Å². The van der Waals surface area contributed by atoms with Crippen molar-refractivity contribution < 1.29 is 17.7 Å². The van der Waals surface area contributed by atoms with Crippen LogP contribution in [0.5, 0.6) is 5.75 Å². The van der Waals surface area contributed by atoms with Gasteiger partial charge in [-0.2, -0.15) is 4.98 Å². The molecule has 1 heterocycles. The van der Waals surface area contributed by atoms with E-state index in [0.29, 0.717) is 29.1 Å². The Labute approximate surface area is 128 Å². The van der Waals surface area contributed by atoms with Crippen LogP contribution in [0.15, 0.2) is 28.8 Å². The van der Waals surface area contributed by atoms with Crippen LogP contribution < -0.4 is 9.04 Å². The lowest BCUT2D eigenvalue weighted by molar-refractivity contribution is 0.285. The highest BCUT2D eigenvalue weighted by molar-refractivity contribution is 7.92. The van der Waals surface area contributed by atoms with E-state index in [0.717, 1.165) is 19.1 Å². The van der Waals surface area contributed by atoms with Crippen LogP contribution in [-0.2, 0) is 16.6 Å². The van der Waals surface area contributed by atoms with E-state index in [4.69, 9.17) is 9.26 Å². The van der Waals surface area contributed by atoms with E-state index >= 15 is 0 Å². The Morgan fingerprint density at radius 3 is 2.59 bits per heavy atom. The summed E-state index contributed by atoms with van der Waals surface area (Å²) in [5, 5.41) is 3.87. The zero-order chi connectivity index (χ0) is 15.7. The molecule has 1 aliphatic rings. The number of sulfonamides is 1. The largest absolute Gasteiger partial charge is 0.485 e. The maximum absolute atomic E-state index is 11.5. The van der Waals surface area contributed by atoms with E-state index in [1.165, 1.54) is 11.4 Å². The van der Waals surface area contributed by atoms with E-state index in [1.807, 2.05) is 0 Å². The predicted molar refractivity (Wildman–Crippen MR) is 80.3 cm³/mol. The molecule has 0 saturated heterocycles. The van der Waals surface area contributed by atoms with Gasteiger partial charge in [-0.05, 0) is 37.1 Å². The standard InChI is InChI=1S/C14H17N3O4S/c1-17(22(2,18)19)11-5-7-12(8-6-11)20-9-13-15-14(21-16-13)10-3-4-10/h5-8,10H,3-4,9H2,1-2H3. The van der Waals surface area contributed by atoms with Crippen molar-refractivity contribution in [1.29, 1.82) is 0 Å². The Morgan fingerprint density at radius 2 is 2.00 bits per heavy atom. The van der Waals surface area contributed by atoms with Gasteiger partial charge < -0.3 is 9.26 Å². The Bertz CT molecular complexity index is 751. The molecule has 0 N–H and O–H groups in total. The smallest absolute Gasteiger partial charge is 0.231 e. The second kappa shape index (κ2) is 5.60. The number of nitrogens with zero attached hydrogens (tertiary/aromatic N) is 3. The highest BCUT2D eigenvalue weighted by atomic mass is 32.2. The molecule has 1 saturated carbocycles.